The zero-order valence-corrected chi connectivity index (χ0v) is 9.93. The van der Waals surface area contributed by atoms with Crippen molar-refractivity contribution in [2.45, 2.75) is 6.54 Å². The maximum atomic E-state index is 3.50. The highest BCUT2D eigenvalue weighted by molar-refractivity contribution is 9.10. The molecule has 0 radical (unpaired) electrons. The van der Waals surface area contributed by atoms with Crippen LogP contribution in [0.25, 0.3) is 10.9 Å². The van der Waals surface area contributed by atoms with Crippen molar-refractivity contribution in [1.82, 2.24) is 9.88 Å². The number of hydrogen-bond acceptors (Lipinski definition) is 1. The predicted molar refractivity (Wildman–Crippen MR) is 63.4 cm³/mol. The Morgan fingerprint density at radius 1 is 1.43 bits per heavy atom. The number of rotatable bonds is 2. The zero-order valence-electron chi connectivity index (χ0n) is 8.34. The second kappa shape index (κ2) is 3.75. The predicted octanol–water partition coefficient (Wildman–Crippen LogP) is 2.66. The summed E-state index contributed by atoms with van der Waals surface area (Å²) in [6.45, 7) is 0.911. The molecule has 1 aromatic heterocycles. The summed E-state index contributed by atoms with van der Waals surface area (Å²) in [5.74, 6) is 0. The van der Waals surface area contributed by atoms with Gasteiger partial charge in [-0.3, -0.25) is 0 Å². The lowest BCUT2D eigenvalue weighted by molar-refractivity contribution is 0.815. The lowest BCUT2D eigenvalue weighted by atomic mass is 10.2. The molecule has 0 spiro atoms. The highest BCUT2D eigenvalue weighted by Gasteiger charge is 2.05. The number of nitrogens with zero attached hydrogens (tertiary/aromatic N) is 1. The summed E-state index contributed by atoms with van der Waals surface area (Å²) in [5.41, 5.74) is 2.62. The van der Waals surface area contributed by atoms with Gasteiger partial charge in [-0.05, 0) is 30.8 Å². The van der Waals surface area contributed by atoms with Gasteiger partial charge in [0.25, 0.3) is 0 Å². The fourth-order valence-corrected chi connectivity index (χ4v) is 2.14. The molecule has 1 N–H and O–H groups in total. The first-order valence-corrected chi connectivity index (χ1v) is 5.39. The molecule has 0 aliphatic carbocycles. The maximum Gasteiger partial charge on any atom is 0.0481 e. The minimum Gasteiger partial charge on any atom is -0.350 e. The smallest absolute Gasteiger partial charge is 0.0481 e. The topological polar surface area (TPSA) is 17.0 Å². The van der Waals surface area contributed by atoms with E-state index in [1.807, 2.05) is 7.05 Å². The van der Waals surface area contributed by atoms with Crippen molar-refractivity contribution >= 4 is 26.8 Å². The number of benzene rings is 1. The molecule has 0 bridgehead atoms. The molecule has 14 heavy (non-hydrogen) atoms. The molecule has 0 saturated carbocycles. The van der Waals surface area contributed by atoms with Crippen molar-refractivity contribution in [1.29, 1.82) is 0 Å². The third-order valence-corrected chi connectivity index (χ3v) is 2.89. The van der Waals surface area contributed by atoms with Gasteiger partial charge in [-0.15, -0.1) is 0 Å². The molecule has 0 atom stereocenters. The van der Waals surface area contributed by atoms with E-state index >= 15 is 0 Å². The number of aromatic nitrogens is 1. The average Bonchev–Trinajstić information content (AvgIpc) is 2.44. The van der Waals surface area contributed by atoms with Crippen LogP contribution in [0.2, 0.25) is 0 Å². The molecule has 1 aromatic carbocycles. The van der Waals surface area contributed by atoms with Gasteiger partial charge in [0.2, 0.25) is 0 Å². The molecule has 0 aliphatic rings. The molecule has 2 nitrogen and oxygen atoms in total. The van der Waals surface area contributed by atoms with E-state index in [0.29, 0.717) is 0 Å². The van der Waals surface area contributed by atoms with Crippen LogP contribution in [0.15, 0.2) is 28.9 Å². The van der Waals surface area contributed by atoms with E-state index in [4.69, 9.17) is 0 Å². The second-order valence-corrected chi connectivity index (χ2v) is 4.37. The van der Waals surface area contributed by atoms with E-state index in [1.54, 1.807) is 0 Å². The van der Waals surface area contributed by atoms with Gasteiger partial charge in [0, 0.05) is 35.2 Å². The molecule has 2 aromatic rings. The number of aryl methyl sites for hydroxylation is 1. The summed E-state index contributed by atoms with van der Waals surface area (Å²) < 4.78 is 3.29. The molecule has 0 saturated heterocycles. The standard InChI is InChI=1S/C11H13BrN2/c1-13-6-8-7-14(2)11-4-3-9(12)5-10(8)11/h3-5,7,13H,6H2,1-2H3. The Morgan fingerprint density at radius 3 is 2.93 bits per heavy atom. The van der Waals surface area contributed by atoms with Crippen molar-refractivity contribution in [2.24, 2.45) is 7.05 Å². The number of nitrogens with one attached hydrogen (secondary N) is 1. The van der Waals surface area contributed by atoms with Gasteiger partial charge < -0.3 is 9.88 Å². The highest BCUT2D eigenvalue weighted by atomic mass is 79.9. The van der Waals surface area contributed by atoms with Gasteiger partial charge in [0.1, 0.15) is 0 Å². The Bertz CT molecular complexity index is 460. The molecule has 0 aliphatic heterocycles. The molecule has 0 fully saturated rings. The summed E-state index contributed by atoms with van der Waals surface area (Å²) in [6, 6.07) is 6.38. The van der Waals surface area contributed by atoms with Crippen LogP contribution in [0, 0.1) is 0 Å². The van der Waals surface area contributed by atoms with E-state index in [-0.39, 0.29) is 0 Å². The summed E-state index contributed by atoms with van der Waals surface area (Å²) in [6.07, 6.45) is 2.17. The molecular weight excluding hydrogens is 240 g/mol. The minimum absolute atomic E-state index is 0.911. The Labute approximate surface area is 92.0 Å². The van der Waals surface area contributed by atoms with Crippen molar-refractivity contribution in [3.63, 3.8) is 0 Å². The van der Waals surface area contributed by atoms with Crippen LogP contribution < -0.4 is 5.32 Å². The van der Waals surface area contributed by atoms with Crippen LogP contribution in [-0.4, -0.2) is 11.6 Å². The van der Waals surface area contributed by atoms with Crippen LogP contribution in [-0.2, 0) is 13.6 Å². The van der Waals surface area contributed by atoms with E-state index in [1.165, 1.54) is 16.5 Å². The first-order chi connectivity index (χ1) is 6.72. The van der Waals surface area contributed by atoms with Gasteiger partial charge >= 0.3 is 0 Å². The lowest BCUT2D eigenvalue weighted by Crippen LogP contribution is -2.04. The van der Waals surface area contributed by atoms with Crippen molar-refractivity contribution in [2.75, 3.05) is 7.05 Å². The average molecular weight is 253 g/mol. The van der Waals surface area contributed by atoms with Crippen LogP contribution in [0.5, 0.6) is 0 Å². The van der Waals surface area contributed by atoms with Crippen LogP contribution in [0.3, 0.4) is 0 Å². The van der Waals surface area contributed by atoms with Crippen LogP contribution in [0.4, 0.5) is 0 Å². The Hall–Kier alpha value is -0.800. The fraction of sp³-hybridized carbons (Fsp3) is 0.273. The normalized spacial score (nSPS) is 11.1. The number of halogens is 1. The third-order valence-electron chi connectivity index (χ3n) is 2.40. The first-order valence-electron chi connectivity index (χ1n) is 4.60. The molecule has 0 amide bonds. The van der Waals surface area contributed by atoms with Gasteiger partial charge in [-0.2, -0.15) is 0 Å². The monoisotopic (exact) mass is 252 g/mol. The highest BCUT2D eigenvalue weighted by Crippen LogP contribution is 2.24. The Balaban J connectivity index is 2.66. The SMILES string of the molecule is CNCc1cn(C)c2ccc(Br)cc12. The second-order valence-electron chi connectivity index (χ2n) is 3.46. The summed E-state index contributed by atoms with van der Waals surface area (Å²) in [7, 11) is 4.05. The van der Waals surface area contributed by atoms with E-state index in [0.717, 1.165) is 11.0 Å². The van der Waals surface area contributed by atoms with Gasteiger partial charge in [-0.25, -0.2) is 0 Å². The summed E-state index contributed by atoms with van der Waals surface area (Å²) in [5, 5.41) is 4.50. The maximum absolute atomic E-state index is 3.50. The Morgan fingerprint density at radius 2 is 2.21 bits per heavy atom. The zero-order chi connectivity index (χ0) is 10.1. The van der Waals surface area contributed by atoms with E-state index in [9.17, 15) is 0 Å². The summed E-state index contributed by atoms with van der Waals surface area (Å²) >= 11 is 3.50. The molecule has 1 heterocycles. The molecule has 0 unspecified atom stereocenters. The van der Waals surface area contributed by atoms with Crippen molar-refractivity contribution in [3.05, 3.63) is 34.4 Å². The van der Waals surface area contributed by atoms with E-state index < -0.39 is 0 Å². The number of hydrogen-bond donors (Lipinski definition) is 1. The number of fused-ring (bicyclic) bond motifs is 1. The quantitative estimate of drug-likeness (QED) is 0.870. The van der Waals surface area contributed by atoms with Gasteiger partial charge in [-0.1, -0.05) is 15.9 Å². The van der Waals surface area contributed by atoms with Gasteiger partial charge in [0.05, 0.1) is 0 Å². The molecule has 3 heteroatoms. The Kier molecular flexibility index (Phi) is 2.61. The molecule has 2 rings (SSSR count). The van der Waals surface area contributed by atoms with Crippen molar-refractivity contribution < 1.29 is 0 Å². The van der Waals surface area contributed by atoms with Crippen LogP contribution >= 0.6 is 15.9 Å². The third kappa shape index (κ3) is 1.57. The van der Waals surface area contributed by atoms with Crippen LogP contribution in [0.1, 0.15) is 5.56 Å². The molecular formula is C11H13BrN2. The first kappa shape index (κ1) is 9.74. The minimum atomic E-state index is 0.911. The largest absolute Gasteiger partial charge is 0.350 e. The van der Waals surface area contributed by atoms with Gasteiger partial charge in [0.15, 0.2) is 0 Å². The van der Waals surface area contributed by atoms with Crippen molar-refractivity contribution in [3.8, 4) is 0 Å². The van der Waals surface area contributed by atoms with E-state index in [2.05, 4.69) is 57.3 Å². The fourth-order valence-electron chi connectivity index (χ4n) is 1.78. The lowest BCUT2D eigenvalue weighted by Gasteiger charge is -1.97. The summed E-state index contributed by atoms with van der Waals surface area (Å²) in [4.78, 5) is 0. The molecule has 74 valence electrons.